The minimum absolute atomic E-state index is 0.0207. The summed E-state index contributed by atoms with van der Waals surface area (Å²) in [7, 11) is 0. The average Bonchev–Trinajstić information content (AvgIpc) is 2.45. The number of hydrogen-bond donors (Lipinski definition) is 1. The van der Waals surface area contributed by atoms with E-state index in [-0.39, 0.29) is 5.91 Å². The minimum Gasteiger partial charge on any atom is -0.337 e. The molecule has 1 amide bonds. The molecule has 0 aliphatic carbocycles. The molecule has 0 unspecified atom stereocenters. The van der Waals surface area contributed by atoms with Crippen molar-refractivity contribution in [3.63, 3.8) is 0 Å². The van der Waals surface area contributed by atoms with Gasteiger partial charge in [0.2, 0.25) is 5.91 Å². The maximum Gasteiger partial charge on any atom is 0.239 e. The molecular weight excluding hydrogens is 315 g/mol. The van der Waals surface area contributed by atoms with E-state index in [4.69, 9.17) is 28.9 Å². The van der Waals surface area contributed by atoms with Gasteiger partial charge in [0.05, 0.1) is 16.1 Å². The molecule has 0 fully saturated rings. The van der Waals surface area contributed by atoms with Gasteiger partial charge in [-0.15, -0.1) is 0 Å². The van der Waals surface area contributed by atoms with Crippen molar-refractivity contribution in [3.8, 4) is 0 Å². The van der Waals surface area contributed by atoms with Gasteiger partial charge in [0.1, 0.15) is 0 Å². The fraction of sp³-hybridized carbons (Fsp3) is 0.500. The zero-order chi connectivity index (χ0) is 15.1. The molecule has 1 rings (SSSR count). The molecule has 1 aromatic carbocycles. The van der Waals surface area contributed by atoms with Crippen molar-refractivity contribution < 1.29 is 4.79 Å². The van der Waals surface area contributed by atoms with Crippen LogP contribution in [0, 0.1) is 0 Å². The fourth-order valence-electron chi connectivity index (χ4n) is 1.81. The normalized spacial score (nSPS) is 12.2. The lowest BCUT2D eigenvalue weighted by molar-refractivity contribution is -0.133. The lowest BCUT2D eigenvalue weighted by atomic mass is 10.1. The zero-order valence-corrected chi connectivity index (χ0v) is 14.1. The maximum absolute atomic E-state index is 12.3. The SMILES string of the molecule is CCN(Cc1ccc(Cl)c(Cl)c1)C(=O)[C@@H](N)CCSC. The van der Waals surface area contributed by atoms with Gasteiger partial charge in [0.15, 0.2) is 0 Å². The molecule has 1 atom stereocenters. The highest BCUT2D eigenvalue weighted by Crippen LogP contribution is 2.23. The molecule has 0 aliphatic rings. The van der Waals surface area contributed by atoms with Crippen molar-refractivity contribution in [3.05, 3.63) is 33.8 Å². The van der Waals surface area contributed by atoms with Crippen LogP contribution in [0.15, 0.2) is 18.2 Å². The monoisotopic (exact) mass is 334 g/mol. The molecule has 0 aliphatic heterocycles. The second kappa shape index (κ2) is 8.78. The van der Waals surface area contributed by atoms with E-state index in [9.17, 15) is 4.79 Å². The molecule has 0 heterocycles. The Balaban J connectivity index is 2.70. The highest BCUT2D eigenvalue weighted by atomic mass is 35.5. The summed E-state index contributed by atoms with van der Waals surface area (Å²) in [5.74, 6) is 0.865. The first-order chi connectivity index (χ1) is 9.49. The molecular formula is C14H20Cl2N2OS. The Morgan fingerprint density at radius 3 is 2.65 bits per heavy atom. The summed E-state index contributed by atoms with van der Waals surface area (Å²) in [5.41, 5.74) is 6.89. The largest absolute Gasteiger partial charge is 0.337 e. The number of rotatable bonds is 7. The van der Waals surface area contributed by atoms with Crippen LogP contribution in [0.25, 0.3) is 0 Å². The number of thioether (sulfide) groups is 1. The van der Waals surface area contributed by atoms with Gasteiger partial charge in [-0.1, -0.05) is 29.3 Å². The van der Waals surface area contributed by atoms with E-state index < -0.39 is 6.04 Å². The van der Waals surface area contributed by atoms with E-state index >= 15 is 0 Å². The molecule has 0 radical (unpaired) electrons. The maximum atomic E-state index is 12.3. The van der Waals surface area contributed by atoms with Gasteiger partial charge in [-0.25, -0.2) is 0 Å². The smallest absolute Gasteiger partial charge is 0.239 e. The molecule has 3 nitrogen and oxygen atoms in total. The zero-order valence-electron chi connectivity index (χ0n) is 11.7. The number of amides is 1. The van der Waals surface area contributed by atoms with Crippen LogP contribution in [0.3, 0.4) is 0 Å². The van der Waals surface area contributed by atoms with Crippen molar-refractivity contribution in [1.82, 2.24) is 4.90 Å². The number of carbonyl (C=O) groups is 1. The lowest BCUT2D eigenvalue weighted by Gasteiger charge is -2.24. The van der Waals surface area contributed by atoms with Crippen LogP contribution < -0.4 is 5.73 Å². The van der Waals surface area contributed by atoms with Crippen LogP contribution in [0.5, 0.6) is 0 Å². The third kappa shape index (κ3) is 5.17. The average molecular weight is 335 g/mol. The molecule has 2 N–H and O–H groups in total. The number of nitrogens with two attached hydrogens (primary N) is 1. The van der Waals surface area contributed by atoms with Crippen molar-refractivity contribution in [2.24, 2.45) is 5.73 Å². The number of nitrogens with zero attached hydrogens (tertiary/aromatic N) is 1. The predicted molar refractivity (Wildman–Crippen MR) is 88.5 cm³/mol. The van der Waals surface area contributed by atoms with Crippen molar-refractivity contribution in [2.45, 2.75) is 25.9 Å². The van der Waals surface area contributed by atoms with E-state index in [1.54, 1.807) is 28.8 Å². The third-order valence-corrected chi connectivity index (χ3v) is 4.38. The Labute approximate surface area is 134 Å². The molecule has 0 aromatic heterocycles. The Hall–Kier alpha value is -0.420. The highest BCUT2D eigenvalue weighted by Gasteiger charge is 2.19. The third-order valence-electron chi connectivity index (χ3n) is 3.00. The second-order valence-corrected chi connectivity index (χ2v) is 6.29. The quantitative estimate of drug-likeness (QED) is 0.830. The Morgan fingerprint density at radius 2 is 2.10 bits per heavy atom. The first kappa shape index (κ1) is 17.6. The Kier molecular flexibility index (Phi) is 7.74. The first-order valence-corrected chi connectivity index (χ1v) is 8.61. The van der Waals surface area contributed by atoms with E-state index in [1.807, 2.05) is 19.2 Å². The highest BCUT2D eigenvalue weighted by molar-refractivity contribution is 7.98. The summed E-state index contributed by atoms with van der Waals surface area (Å²) in [5, 5.41) is 1.01. The van der Waals surface area contributed by atoms with Gasteiger partial charge in [0.25, 0.3) is 0 Å². The number of benzene rings is 1. The summed E-state index contributed by atoms with van der Waals surface area (Å²) in [6.07, 6.45) is 2.70. The van der Waals surface area contributed by atoms with E-state index in [1.165, 1.54) is 0 Å². The van der Waals surface area contributed by atoms with Crippen LogP contribution in [-0.4, -0.2) is 35.4 Å². The summed E-state index contributed by atoms with van der Waals surface area (Å²) in [6, 6.07) is 4.96. The van der Waals surface area contributed by atoms with E-state index in [0.29, 0.717) is 29.6 Å². The topological polar surface area (TPSA) is 46.3 Å². The number of hydrogen-bond acceptors (Lipinski definition) is 3. The summed E-state index contributed by atoms with van der Waals surface area (Å²) in [4.78, 5) is 14.0. The van der Waals surface area contributed by atoms with Crippen LogP contribution >= 0.6 is 35.0 Å². The van der Waals surface area contributed by atoms with Gasteiger partial charge in [0, 0.05) is 13.1 Å². The predicted octanol–water partition coefficient (Wildman–Crippen LogP) is 3.42. The summed E-state index contributed by atoms with van der Waals surface area (Å²) < 4.78 is 0. The molecule has 0 saturated heterocycles. The van der Waals surface area contributed by atoms with Crippen molar-refractivity contribution in [2.75, 3.05) is 18.6 Å². The number of halogens is 2. The van der Waals surface area contributed by atoms with Gasteiger partial charge in [-0.2, -0.15) is 11.8 Å². The Bertz CT molecular complexity index is 457. The van der Waals surface area contributed by atoms with Gasteiger partial charge < -0.3 is 10.6 Å². The number of carbonyl (C=O) groups excluding carboxylic acids is 1. The molecule has 1 aromatic rings. The Morgan fingerprint density at radius 1 is 1.40 bits per heavy atom. The molecule has 6 heteroatoms. The minimum atomic E-state index is -0.440. The molecule has 20 heavy (non-hydrogen) atoms. The van der Waals surface area contributed by atoms with E-state index in [0.717, 1.165) is 11.3 Å². The number of likely N-dealkylation sites (N-methyl/N-ethyl adjacent to an activating group) is 1. The van der Waals surface area contributed by atoms with E-state index in [2.05, 4.69) is 0 Å². The summed E-state index contributed by atoms with van der Waals surface area (Å²) in [6.45, 7) is 3.06. The molecule has 112 valence electrons. The van der Waals surface area contributed by atoms with Crippen molar-refractivity contribution in [1.29, 1.82) is 0 Å². The molecule has 0 saturated carbocycles. The van der Waals surface area contributed by atoms with Crippen LogP contribution in [0.2, 0.25) is 10.0 Å². The second-order valence-electron chi connectivity index (χ2n) is 4.49. The van der Waals surface area contributed by atoms with Gasteiger partial charge in [-0.3, -0.25) is 4.79 Å². The first-order valence-electron chi connectivity index (χ1n) is 6.46. The van der Waals surface area contributed by atoms with Crippen LogP contribution in [0.1, 0.15) is 18.9 Å². The fourth-order valence-corrected chi connectivity index (χ4v) is 2.62. The molecule has 0 spiro atoms. The van der Waals surface area contributed by atoms with Crippen LogP contribution in [0.4, 0.5) is 0 Å². The summed E-state index contributed by atoms with van der Waals surface area (Å²) >= 11 is 13.6. The molecule has 0 bridgehead atoms. The van der Waals surface area contributed by atoms with Crippen molar-refractivity contribution >= 4 is 40.9 Å². The van der Waals surface area contributed by atoms with Gasteiger partial charge >= 0.3 is 0 Å². The van der Waals surface area contributed by atoms with Gasteiger partial charge in [-0.05, 0) is 43.0 Å². The van der Waals surface area contributed by atoms with Crippen LogP contribution in [-0.2, 0) is 11.3 Å². The standard InChI is InChI=1S/C14H20Cl2N2OS/c1-3-18(14(19)13(17)6-7-20-2)9-10-4-5-11(15)12(16)8-10/h4-5,8,13H,3,6-7,9,17H2,1-2H3/t13-/m0/s1. The lowest BCUT2D eigenvalue weighted by Crippen LogP contribution is -2.43.